The van der Waals surface area contributed by atoms with Gasteiger partial charge in [-0.3, -0.25) is 14.9 Å². The van der Waals surface area contributed by atoms with Crippen LogP contribution in [0.2, 0.25) is 0 Å². The van der Waals surface area contributed by atoms with Crippen LogP contribution in [0.4, 0.5) is 9.18 Å². The lowest BCUT2D eigenvalue weighted by atomic mass is 10.2. The minimum Gasteiger partial charge on any atom is -0.453 e. The highest BCUT2D eigenvalue weighted by atomic mass is 19.1. The number of imide groups is 1. The summed E-state index contributed by atoms with van der Waals surface area (Å²) in [7, 11) is 0. The number of ether oxygens (including phenoxy) is 1. The van der Waals surface area contributed by atoms with Crippen LogP contribution in [0.15, 0.2) is 59.1 Å². The van der Waals surface area contributed by atoms with E-state index in [1.807, 2.05) is 30.3 Å². The Morgan fingerprint density at radius 3 is 2.53 bits per heavy atom. The van der Waals surface area contributed by atoms with E-state index in [1.54, 1.807) is 0 Å². The third-order valence-corrected chi connectivity index (χ3v) is 4.32. The van der Waals surface area contributed by atoms with Crippen molar-refractivity contribution in [3.63, 3.8) is 0 Å². The summed E-state index contributed by atoms with van der Waals surface area (Å²) in [6.45, 7) is 1.61. The van der Waals surface area contributed by atoms with E-state index >= 15 is 0 Å². The molecule has 1 heterocycles. The molecule has 0 aliphatic heterocycles. The summed E-state index contributed by atoms with van der Waals surface area (Å²) in [5.41, 5.74) is 1.44. The molecule has 9 nitrogen and oxygen atoms in total. The molecule has 0 spiro atoms. The topological polar surface area (TPSA) is 123 Å². The molecular weight excluding hydrogens is 419 g/mol. The minimum absolute atomic E-state index is 0.0962. The Bertz CT molecular complexity index is 1070. The Balaban J connectivity index is 1.40. The van der Waals surface area contributed by atoms with Crippen molar-refractivity contribution in [2.24, 2.45) is 0 Å². The molecular formula is C22H21FN4O5. The second kappa shape index (κ2) is 10.8. The van der Waals surface area contributed by atoms with Crippen molar-refractivity contribution in [2.45, 2.75) is 32.4 Å². The van der Waals surface area contributed by atoms with Crippen LogP contribution in [0.25, 0.3) is 11.4 Å². The molecule has 1 unspecified atom stereocenters. The van der Waals surface area contributed by atoms with Crippen LogP contribution in [0.3, 0.4) is 0 Å². The lowest BCUT2D eigenvalue weighted by molar-refractivity contribution is -0.154. The zero-order valence-electron chi connectivity index (χ0n) is 17.2. The molecule has 0 aliphatic rings. The maximum Gasteiger partial charge on any atom is 0.321 e. The molecule has 2 N–H and O–H groups in total. The van der Waals surface area contributed by atoms with E-state index in [0.29, 0.717) is 5.56 Å². The van der Waals surface area contributed by atoms with Gasteiger partial charge < -0.3 is 14.6 Å². The molecule has 0 fully saturated rings. The number of carbonyl (C=O) groups excluding carboxylic acids is 3. The summed E-state index contributed by atoms with van der Waals surface area (Å²) in [5.74, 6) is -1.34. The number of hydrogen-bond acceptors (Lipinski definition) is 7. The molecule has 0 saturated heterocycles. The molecule has 3 rings (SSSR count). The predicted molar refractivity (Wildman–Crippen MR) is 110 cm³/mol. The van der Waals surface area contributed by atoms with Crippen LogP contribution in [0, 0.1) is 5.82 Å². The maximum atomic E-state index is 13.0. The van der Waals surface area contributed by atoms with Gasteiger partial charge in [0.2, 0.25) is 11.7 Å². The average Bonchev–Trinajstić information content (AvgIpc) is 3.26. The molecule has 1 atom stereocenters. The lowest BCUT2D eigenvalue weighted by Crippen LogP contribution is -2.44. The number of carbonyl (C=O) groups is 3. The molecule has 2 aromatic carbocycles. The first-order chi connectivity index (χ1) is 15.4. The van der Waals surface area contributed by atoms with E-state index in [-0.39, 0.29) is 36.9 Å². The first kappa shape index (κ1) is 22.6. The fourth-order valence-electron chi connectivity index (χ4n) is 2.63. The summed E-state index contributed by atoms with van der Waals surface area (Å²) in [6, 6.07) is 14.1. The van der Waals surface area contributed by atoms with Gasteiger partial charge in [0.1, 0.15) is 5.82 Å². The van der Waals surface area contributed by atoms with Gasteiger partial charge in [-0.25, -0.2) is 9.18 Å². The summed E-state index contributed by atoms with van der Waals surface area (Å²) in [4.78, 5) is 40.0. The largest absolute Gasteiger partial charge is 0.453 e. The highest BCUT2D eigenvalue weighted by Gasteiger charge is 2.20. The number of hydrogen-bond donors (Lipinski definition) is 2. The molecule has 166 valence electrons. The highest BCUT2D eigenvalue weighted by Crippen LogP contribution is 2.16. The van der Waals surface area contributed by atoms with Gasteiger partial charge in [-0.15, -0.1) is 0 Å². The van der Waals surface area contributed by atoms with Crippen molar-refractivity contribution in [3.8, 4) is 11.4 Å². The first-order valence-electron chi connectivity index (χ1n) is 9.81. The SMILES string of the molecule is CC(OC(=O)CCc1nc(-c2ccc(F)cc2)no1)C(=O)NC(=O)NCc1ccccc1. The Kier molecular flexibility index (Phi) is 7.63. The van der Waals surface area contributed by atoms with Gasteiger partial charge in [0.05, 0.1) is 6.42 Å². The monoisotopic (exact) mass is 440 g/mol. The molecule has 0 radical (unpaired) electrons. The zero-order valence-corrected chi connectivity index (χ0v) is 17.2. The Labute approximate surface area is 183 Å². The van der Waals surface area contributed by atoms with Crippen LogP contribution in [-0.4, -0.2) is 34.2 Å². The number of nitrogens with zero attached hydrogens (tertiary/aromatic N) is 2. The van der Waals surface area contributed by atoms with E-state index in [0.717, 1.165) is 5.56 Å². The molecule has 0 saturated carbocycles. The average molecular weight is 440 g/mol. The van der Waals surface area contributed by atoms with Crippen LogP contribution < -0.4 is 10.6 Å². The Morgan fingerprint density at radius 1 is 1.09 bits per heavy atom. The number of rotatable bonds is 8. The highest BCUT2D eigenvalue weighted by molar-refractivity contribution is 5.97. The summed E-state index contributed by atoms with van der Waals surface area (Å²) in [6.07, 6.45) is -1.18. The number of aryl methyl sites for hydroxylation is 1. The van der Waals surface area contributed by atoms with Crippen LogP contribution in [0.1, 0.15) is 24.8 Å². The Hall–Kier alpha value is -4.08. The van der Waals surface area contributed by atoms with E-state index in [2.05, 4.69) is 20.8 Å². The van der Waals surface area contributed by atoms with Gasteiger partial charge in [0, 0.05) is 18.5 Å². The molecule has 32 heavy (non-hydrogen) atoms. The smallest absolute Gasteiger partial charge is 0.321 e. The lowest BCUT2D eigenvalue weighted by Gasteiger charge is -2.13. The van der Waals surface area contributed by atoms with Gasteiger partial charge in [-0.1, -0.05) is 35.5 Å². The minimum atomic E-state index is -1.16. The standard InChI is InChI=1S/C22H21FN4O5/c1-14(21(29)26-22(30)24-13-15-5-3-2-4-6-15)31-19(28)12-11-18-25-20(27-32-18)16-7-9-17(23)10-8-16/h2-10,14H,11-13H2,1H3,(H2,24,26,29,30). The Morgan fingerprint density at radius 2 is 1.81 bits per heavy atom. The number of halogens is 1. The van der Waals surface area contributed by atoms with Gasteiger partial charge >= 0.3 is 12.0 Å². The van der Waals surface area contributed by atoms with Crippen LogP contribution in [0.5, 0.6) is 0 Å². The predicted octanol–water partition coefficient (Wildman–Crippen LogP) is 2.77. The quantitative estimate of drug-likeness (QED) is 0.516. The van der Waals surface area contributed by atoms with Crippen molar-refractivity contribution < 1.29 is 28.0 Å². The van der Waals surface area contributed by atoms with Crippen molar-refractivity contribution >= 4 is 17.9 Å². The van der Waals surface area contributed by atoms with E-state index < -0.39 is 24.0 Å². The van der Waals surface area contributed by atoms with Crippen molar-refractivity contribution in [3.05, 3.63) is 71.9 Å². The van der Waals surface area contributed by atoms with Gasteiger partial charge in [0.15, 0.2) is 6.10 Å². The number of esters is 1. The number of amides is 3. The van der Waals surface area contributed by atoms with Crippen molar-refractivity contribution in [2.75, 3.05) is 0 Å². The molecule has 0 aliphatic carbocycles. The van der Waals surface area contributed by atoms with E-state index in [9.17, 15) is 18.8 Å². The first-order valence-corrected chi connectivity index (χ1v) is 9.81. The van der Waals surface area contributed by atoms with Crippen LogP contribution >= 0.6 is 0 Å². The number of nitrogens with one attached hydrogen (secondary N) is 2. The second-order valence-electron chi connectivity index (χ2n) is 6.81. The fraction of sp³-hybridized carbons (Fsp3) is 0.227. The van der Waals surface area contributed by atoms with E-state index in [4.69, 9.17) is 9.26 Å². The van der Waals surface area contributed by atoms with Crippen LogP contribution in [-0.2, 0) is 27.3 Å². The summed E-state index contributed by atoms with van der Waals surface area (Å²) >= 11 is 0. The van der Waals surface area contributed by atoms with Gasteiger partial charge in [-0.2, -0.15) is 4.98 Å². The van der Waals surface area contributed by atoms with Crippen molar-refractivity contribution in [1.29, 1.82) is 0 Å². The number of benzene rings is 2. The third kappa shape index (κ3) is 6.73. The summed E-state index contributed by atoms with van der Waals surface area (Å²) in [5, 5.41) is 8.45. The molecule has 3 aromatic rings. The normalized spacial score (nSPS) is 11.4. The number of aromatic nitrogens is 2. The van der Waals surface area contributed by atoms with Crippen molar-refractivity contribution in [1.82, 2.24) is 20.8 Å². The second-order valence-corrected chi connectivity index (χ2v) is 6.81. The molecule has 0 bridgehead atoms. The maximum absolute atomic E-state index is 13.0. The molecule has 10 heteroatoms. The fourth-order valence-corrected chi connectivity index (χ4v) is 2.63. The number of urea groups is 1. The van der Waals surface area contributed by atoms with Gasteiger partial charge in [-0.05, 0) is 36.8 Å². The van der Waals surface area contributed by atoms with E-state index in [1.165, 1.54) is 31.2 Å². The summed E-state index contributed by atoms with van der Waals surface area (Å²) < 4.78 is 23.1. The van der Waals surface area contributed by atoms with Gasteiger partial charge in [0.25, 0.3) is 5.91 Å². The molecule has 3 amide bonds. The zero-order chi connectivity index (χ0) is 22.9. The third-order valence-electron chi connectivity index (χ3n) is 4.32. The molecule has 1 aromatic heterocycles.